The van der Waals surface area contributed by atoms with E-state index in [0.717, 1.165) is 12.0 Å². The van der Waals surface area contributed by atoms with E-state index in [0.29, 0.717) is 23.8 Å². The monoisotopic (exact) mass is 307 g/mol. The number of hydrogen-bond donors (Lipinski definition) is 1. The van der Waals surface area contributed by atoms with Crippen LogP contribution >= 0.6 is 0 Å². The summed E-state index contributed by atoms with van der Waals surface area (Å²) in [6.07, 6.45) is 1.48. The Labute approximate surface area is 125 Å². The highest BCUT2D eigenvalue weighted by Gasteiger charge is 2.50. The standard InChI is InChI=1S/C15H21N3O2S/c1-3-11(2)18-14(16)17-10-15(18)8-9-21(19,20)13-7-5-4-6-12(13)15/h4-7,11H,3,8-10H2,1-2H3,(H2,16,17). The first-order valence-electron chi connectivity index (χ1n) is 7.34. The third-order valence-electron chi connectivity index (χ3n) is 4.75. The topological polar surface area (TPSA) is 75.8 Å². The van der Waals surface area contributed by atoms with E-state index in [-0.39, 0.29) is 11.8 Å². The number of aliphatic imine (C=N–C) groups is 1. The van der Waals surface area contributed by atoms with Crippen molar-refractivity contribution in [1.82, 2.24) is 4.90 Å². The van der Waals surface area contributed by atoms with E-state index in [1.54, 1.807) is 12.1 Å². The zero-order chi connectivity index (χ0) is 15.3. The Morgan fingerprint density at radius 1 is 1.43 bits per heavy atom. The molecule has 0 fully saturated rings. The molecule has 2 heterocycles. The second-order valence-electron chi connectivity index (χ2n) is 5.90. The van der Waals surface area contributed by atoms with Crippen LogP contribution in [0.1, 0.15) is 32.3 Å². The Bertz CT molecular complexity index is 699. The van der Waals surface area contributed by atoms with Crippen molar-refractivity contribution in [3.05, 3.63) is 29.8 Å². The molecule has 0 amide bonds. The molecule has 0 saturated carbocycles. The van der Waals surface area contributed by atoms with Gasteiger partial charge in [-0.3, -0.25) is 4.99 Å². The predicted octanol–water partition coefficient (Wildman–Crippen LogP) is 1.49. The van der Waals surface area contributed by atoms with Gasteiger partial charge in [-0.15, -0.1) is 0 Å². The molecule has 1 aromatic carbocycles. The minimum Gasteiger partial charge on any atom is -0.370 e. The van der Waals surface area contributed by atoms with Gasteiger partial charge in [-0.1, -0.05) is 25.1 Å². The van der Waals surface area contributed by atoms with E-state index in [1.807, 2.05) is 12.1 Å². The molecule has 2 unspecified atom stereocenters. The minimum atomic E-state index is -3.20. The van der Waals surface area contributed by atoms with E-state index in [1.165, 1.54) is 0 Å². The maximum Gasteiger partial charge on any atom is 0.192 e. The van der Waals surface area contributed by atoms with Crippen molar-refractivity contribution in [1.29, 1.82) is 0 Å². The van der Waals surface area contributed by atoms with Crippen LogP contribution in [0.2, 0.25) is 0 Å². The molecule has 0 radical (unpaired) electrons. The Balaban J connectivity index is 2.19. The molecular weight excluding hydrogens is 286 g/mol. The maximum absolute atomic E-state index is 12.4. The lowest BCUT2D eigenvalue weighted by Crippen LogP contribution is -2.55. The average molecular weight is 307 g/mol. The molecule has 2 N–H and O–H groups in total. The number of guanidine groups is 1. The van der Waals surface area contributed by atoms with Crippen LogP contribution in [0.3, 0.4) is 0 Å². The Morgan fingerprint density at radius 3 is 2.86 bits per heavy atom. The van der Waals surface area contributed by atoms with Crippen LogP contribution < -0.4 is 5.73 Å². The van der Waals surface area contributed by atoms with Crippen molar-refractivity contribution < 1.29 is 8.42 Å². The number of sulfone groups is 1. The van der Waals surface area contributed by atoms with Gasteiger partial charge in [0.05, 0.1) is 22.7 Å². The van der Waals surface area contributed by atoms with E-state index in [2.05, 4.69) is 23.7 Å². The molecule has 21 heavy (non-hydrogen) atoms. The van der Waals surface area contributed by atoms with E-state index in [4.69, 9.17) is 5.73 Å². The van der Waals surface area contributed by atoms with Gasteiger partial charge in [0.2, 0.25) is 0 Å². The second-order valence-corrected chi connectivity index (χ2v) is 7.98. The van der Waals surface area contributed by atoms with Gasteiger partial charge in [0, 0.05) is 6.04 Å². The maximum atomic E-state index is 12.4. The largest absolute Gasteiger partial charge is 0.370 e. The lowest BCUT2D eigenvalue weighted by molar-refractivity contribution is 0.141. The number of nitrogens with two attached hydrogens (primary N) is 1. The molecule has 2 aliphatic heterocycles. The molecular formula is C15H21N3O2S. The lowest BCUT2D eigenvalue weighted by Gasteiger charge is -2.45. The van der Waals surface area contributed by atoms with E-state index >= 15 is 0 Å². The fourth-order valence-electron chi connectivity index (χ4n) is 3.50. The highest BCUT2D eigenvalue weighted by atomic mass is 32.2. The van der Waals surface area contributed by atoms with Gasteiger partial charge in [0.1, 0.15) is 0 Å². The van der Waals surface area contributed by atoms with Gasteiger partial charge >= 0.3 is 0 Å². The highest BCUT2D eigenvalue weighted by molar-refractivity contribution is 7.91. The van der Waals surface area contributed by atoms with Gasteiger partial charge in [-0.05, 0) is 31.4 Å². The summed E-state index contributed by atoms with van der Waals surface area (Å²) in [6, 6.07) is 7.52. The minimum absolute atomic E-state index is 0.153. The molecule has 114 valence electrons. The van der Waals surface area contributed by atoms with Crippen LogP contribution in [0.5, 0.6) is 0 Å². The van der Waals surface area contributed by atoms with Crippen molar-refractivity contribution in [3.63, 3.8) is 0 Å². The van der Waals surface area contributed by atoms with Gasteiger partial charge in [-0.25, -0.2) is 8.42 Å². The zero-order valence-corrected chi connectivity index (χ0v) is 13.2. The van der Waals surface area contributed by atoms with Crippen molar-refractivity contribution in [2.45, 2.75) is 43.2 Å². The first-order chi connectivity index (χ1) is 9.92. The molecule has 2 aliphatic rings. The third kappa shape index (κ3) is 1.96. The Hall–Kier alpha value is -1.56. The summed E-state index contributed by atoms with van der Waals surface area (Å²) in [5.41, 5.74) is 6.56. The molecule has 0 aliphatic carbocycles. The molecule has 5 nitrogen and oxygen atoms in total. The van der Waals surface area contributed by atoms with Crippen molar-refractivity contribution in [2.75, 3.05) is 12.3 Å². The lowest BCUT2D eigenvalue weighted by atomic mass is 9.84. The summed E-state index contributed by atoms with van der Waals surface area (Å²) in [5.74, 6) is 0.679. The number of fused-ring (bicyclic) bond motifs is 2. The summed E-state index contributed by atoms with van der Waals surface area (Å²) in [4.78, 5) is 7.00. The predicted molar refractivity (Wildman–Crippen MR) is 82.9 cm³/mol. The van der Waals surface area contributed by atoms with Crippen LogP contribution in [-0.4, -0.2) is 37.6 Å². The molecule has 2 atom stereocenters. The fourth-order valence-corrected chi connectivity index (χ4v) is 5.20. The van der Waals surface area contributed by atoms with Crippen LogP contribution in [0, 0.1) is 0 Å². The summed E-state index contributed by atoms with van der Waals surface area (Å²) in [6.45, 7) is 4.76. The zero-order valence-electron chi connectivity index (χ0n) is 12.4. The summed E-state index contributed by atoms with van der Waals surface area (Å²) in [5, 5.41) is 0. The molecule has 6 heteroatoms. The first kappa shape index (κ1) is 14.4. The van der Waals surface area contributed by atoms with Crippen LogP contribution in [0.4, 0.5) is 0 Å². The van der Waals surface area contributed by atoms with Gasteiger partial charge in [0.15, 0.2) is 15.8 Å². The molecule has 0 saturated heterocycles. The number of rotatable bonds is 2. The summed E-state index contributed by atoms with van der Waals surface area (Å²) < 4.78 is 24.7. The molecule has 0 bridgehead atoms. The van der Waals surface area contributed by atoms with Crippen molar-refractivity contribution in [3.8, 4) is 0 Å². The quantitative estimate of drug-likeness (QED) is 0.898. The van der Waals surface area contributed by atoms with Gasteiger partial charge in [-0.2, -0.15) is 0 Å². The number of hydrogen-bond acceptors (Lipinski definition) is 5. The second kappa shape index (κ2) is 4.73. The number of nitrogens with zero attached hydrogens (tertiary/aromatic N) is 2. The van der Waals surface area contributed by atoms with Crippen LogP contribution in [0.15, 0.2) is 34.2 Å². The van der Waals surface area contributed by atoms with Crippen LogP contribution in [-0.2, 0) is 15.4 Å². The van der Waals surface area contributed by atoms with Gasteiger partial charge < -0.3 is 10.6 Å². The molecule has 1 spiro atoms. The molecule has 1 aromatic rings. The van der Waals surface area contributed by atoms with Crippen molar-refractivity contribution >= 4 is 15.8 Å². The highest BCUT2D eigenvalue weighted by Crippen LogP contribution is 2.44. The number of benzene rings is 1. The normalized spacial score (nSPS) is 28.3. The van der Waals surface area contributed by atoms with Gasteiger partial charge in [0.25, 0.3) is 0 Å². The average Bonchev–Trinajstić information content (AvgIpc) is 2.81. The third-order valence-corrected chi connectivity index (χ3v) is 6.52. The molecule has 0 aromatic heterocycles. The van der Waals surface area contributed by atoms with Crippen molar-refractivity contribution in [2.24, 2.45) is 10.7 Å². The van der Waals surface area contributed by atoms with E-state index in [9.17, 15) is 8.42 Å². The van der Waals surface area contributed by atoms with E-state index < -0.39 is 15.4 Å². The Kier molecular flexibility index (Phi) is 3.24. The summed E-state index contributed by atoms with van der Waals surface area (Å²) >= 11 is 0. The SMILES string of the molecule is CCC(C)N1C(N)=NCC12CCS(=O)(=O)c1ccccc12. The Morgan fingerprint density at radius 2 is 2.14 bits per heavy atom. The smallest absolute Gasteiger partial charge is 0.192 e. The first-order valence-corrected chi connectivity index (χ1v) is 8.99. The summed E-state index contributed by atoms with van der Waals surface area (Å²) in [7, 11) is -3.20. The molecule has 3 rings (SSSR count). The fraction of sp³-hybridized carbons (Fsp3) is 0.533. The van der Waals surface area contributed by atoms with Crippen LogP contribution in [0.25, 0.3) is 0 Å².